The van der Waals surface area contributed by atoms with Gasteiger partial charge < -0.3 is 25.5 Å². The standard InChI is InChI=1S/C25H29N3O5/c29-23(13-5-2-8-14-26-25(32)33-17-18-9-3-1-4-10-18)28-22(24(30)31)15-19-16-27-21-12-7-6-11-20(19)21/h1,3-4,6-7,9-12,16,22,27H,2,5,8,13-15,17H2,(H,26,32)(H,28,29)(H,30,31)/t22-/m0/s1. The van der Waals surface area contributed by atoms with Gasteiger partial charge in [-0.25, -0.2) is 9.59 Å². The molecule has 174 valence electrons. The van der Waals surface area contributed by atoms with Crippen LogP contribution in [0.5, 0.6) is 0 Å². The number of nitrogens with one attached hydrogen (secondary N) is 3. The van der Waals surface area contributed by atoms with E-state index in [1.54, 1.807) is 6.20 Å². The lowest BCUT2D eigenvalue weighted by Gasteiger charge is -2.14. The van der Waals surface area contributed by atoms with Crippen molar-refractivity contribution in [2.24, 2.45) is 0 Å². The molecule has 1 atom stereocenters. The van der Waals surface area contributed by atoms with Crippen LogP contribution in [0.4, 0.5) is 4.79 Å². The zero-order valence-electron chi connectivity index (χ0n) is 18.4. The third-order valence-electron chi connectivity index (χ3n) is 5.29. The van der Waals surface area contributed by atoms with Gasteiger partial charge in [-0.15, -0.1) is 0 Å². The summed E-state index contributed by atoms with van der Waals surface area (Å²) in [6, 6.07) is 16.1. The number of carboxylic acid groups (broad SMARTS) is 1. The van der Waals surface area contributed by atoms with Crippen molar-refractivity contribution in [2.45, 2.75) is 44.8 Å². The fourth-order valence-corrected chi connectivity index (χ4v) is 3.54. The van der Waals surface area contributed by atoms with Crippen LogP contribution in [0.25, 0.3) is 10.9 Å². The lowest BCUT2D eigenvalue weighted by atomic mass is 10.0. The zero-order valence-corrected chi connectivity index (χ0v) is 18.4. The third kappa shape index (κ3) is 7.68. The first-order valence-electron chi connectivity index (χ1n) is 11.0. The number of hydrogen-bond donors (Lipinski definition) is 4. The number of aromatic amines is 1. The monoisotopic (exact) mass is 451 g/mol. The number of amides is 2. The van der Waals surface area contributed by atoms with Crippen molar-refractivity contribution in [1.82, 2.24) is 15.6 Å². The number of carbonyl (C=O) groups is 3. The van der Waals surface area contributed by atoms with Gasteiger partial charge in [0.1, 0.15) is 12.6 Å². The normalized spacial score (nSPS) is 11.6. The van der Waals surface area contributed by atoms with E-state index in [1.165, 1.54) is 0 Å². The second kappa shape index (κ2) is 12.3. The van der Waals surface area contributed by atoms with Gasteiger partial charge >= 0.3 is 12.1 Å². The molecule has 0 aliphatic rings. The summed E-state index contributed by atoms with van der Waals surface area (Å²) in [7, 11) is 0. The van der Waals surface area contributed by atoms with Crippen molar-refractivity contribution in [1.29, 1.82) is 0 Å². The second-order valence-electron chi connectivity index (χ2n) is 7.82. The Balaban J connectivity index is 1.31. The first-order valence-corrected chi connectivity index (χ1v) is 11.0. The Hall–Kier alpha value is -3.81. The molecular weight excluding hydrogens is 422 g/mol. The Bertz CT molecular complexity index is 1060. The molecule has 33 heavy (non-hydrogen) atoms. The topological polar surface area (TPSA) is 121 Å². The molecule has 8 nitrogen and oxygen atoms in total. The SMILES string of the molecule is O=C(CCCCCNC(=O)OCc1ccccc1)N[C@@H](Cc1c[nH]c2ccccc12)C(=O)O. The molecule has 1 aromatic heterocycles. The van der Waals surface area contributed by atoms with E-state index in [1.807, 2.05) is 54.6 Å². The Morgan fingerprint density at radius 3 is 2.52 bits per heavy atom. The molecule has 0 aliphatic heterocycles. The van der Waals surface area contributed by atoms with Gasteiger partial charge in [0.25, 0.3) is 0 Å². The van der Waals surface area contributed by atoms with E-state index in [0.717, 1.165) is 28.5 Å². The number of unbranched alkanes of at least 4 members (excludes halogenated alkanes) is 2. The highest BCUT2D eigenvalue weighted by Crippen LogP contribution is 2.19. The lowest BCUT2D eigenvalue weighted by Crippen LogP contribution is -2.42. The van der Waals surface area contributed by atoms with Crippen molar-refractivity contribution in [3.8, 4) is 0 Å². The highest BCUT2D eigenvalue weighted by atomic mass is 16.5. The summed E-state index contributed by atoms with van der Waals surface area (Å²) in [6.07, 6.45) is 3.78. The van der Waals surface area contributed by atoms with Crippen molar-refractivity contribution in [3.63, 3.8) is 0 Å². The number of H-pyrrole nitrogens is 1. The number of carboxylic acids is 1. The first-order chi connectivity index (χ1) is 16.0. The summed E-state index contributed by atoms with van der Waals surface area (Å²) in [6.45, 7) is 0.670. The minimum atomic E-state index is -1.06. The number of fused-ring (bicyclic) bond motifs is 1. The summed E-state index contributed by atoms with van der Waals surface area (Å²) >= 11 is 0. The van der Waals surface area contributed by atoms with Crippen molar-refractivity contribution < 1.29 is 24.2 Å². The van der Waals surface area contributed by atoms with Gasteiger partial charge in [-0.2, -0.15) is 0 Å². The van der Waals surface area contributed by atoms with E-state index in [4.69, 9.17) is 4.74 Å². The summed E-state index contributed by atoms with van der Waals surface area (Å²) in [5, 5.41) is 15.8. The molecule has 0 saturated heterocycles. The average molecular weight is 452 g/mol. The number of ether oxygens (including phenoxy) is 1. The van der Waals surface area contributed by atoms with E-state index in [2.05, 4.69) is 15.6 Å². The lowest BCUT2D eigenvalue weighted by molar-refractivity contribution is -0.141. The molecule has 0 bridgehead atoms. The van der Waals surface area contributed by atoms with Crippen LogP contribution in [0.1, 0.15) is 36.8 Å². The Labute approximate surface area is 192 Å². The van der Waals surface area contributed by atoms with E-state index in [9.17, 15) is 19.5 Å². The first kappa shape index (κ1) is 23.8. The predicted octanol–water partition coefficient (Wildman–Crippen LogP) is 3.77. The van der Waals surface area contributed by atoms with Crippen LogP contribution < -0.4 is 10.6 Å². The molecule has 8 heteroatoms. The van der Waals surface area contributed by atoms with Gasteiger partial charge in [0.05, 0.1) is 0 Å². The number of aromatic nitrogens is 1. The predicted molar refractivity (Wildman–Crippen MR) is 125 cm³/mol. The van der Waals surface area contributed by atoms with E-state index in [0.29, 0.717) is 19.4 Å². The summed E-state index contributed by atoms with van der Waals surface area (Å²) in [5.41, 5.74) is 2.70. The van der Waals surface area contributed by atoms with Gasteiger partial charge in [0, 0.05) is 36.5 Å². The Kier molecular flexibility index (Phi) is 8.88. The zero-order chi connectivity index (χ0) is 23.5. The smallest absolute Gasteiger partial charge is 0.407 e. The van der Waals surface area contributed by atoms with E-state index < -0.39 is 18.1 Å². The second-order valence-corrected chi connectivity index (χ2v) is 7.82. The molecule has 2 aromatic carbocycles. The third-order valence-corrected chi connectivity index (χ3v) is 5.29. The van der Waals surface area contributed by atoms with Crippen LogP contribution in [-0.2, 0) is 27.4 Å². The maximum absolute atomic E-state index is 12.2. The highest BCUT2D eigenvalue weighted by Gasteiger charge is 2.21. The molecule has 0 spiro atoms. The Morgan fingerprint density at radius 2 is 1.73 bits per heavy atom. The van der Waals surface area contributed by atoms with Crippen molar-refractivity contribution >= 4 is 28.9 Å². The molecule has 0 saturated carbocycles. The number of rotatable bonds is 12. The number of aliphatic carboxylic acids is 1. The van der Waals surface area contributed by atoms with E-state index in [-0.39, 0.29) is 25.4 Å². The number of carbonyl (C=O) groups excluding carboxylic acids is 2. The van der Waals surface area contributed by atoms with E-state index >= 15 is 0 Å². The molecule has 4 N–H and O–H groups in total. The molecule has 0 fully saturated rings. The van der Waals surface area contributed by atoms with Crippen LogP contribution in [0, 0.1) is 0 Å². The number of alkyl carbamates (subject to hydrolysis) is 1. The van der Waals surface area contributed by atoms with Crippen LogP contribution >= 0.6 is 0 Å². The van der Waals surface area contributed by atoms with Gasteiger partial charge in [-0.05, 0) is 30.0 Å². The largest absolute Gasteiger partial charge is 0.480 e. The highest BCUT2D eigenvalue weighted by molar-refractivity contribution is 5.86. The molecule has 0 unspecified atom stereocenters. The van der Waals surface area contributed by atoms with Crippen molar-refractivity contribution in [2.75, 3.05) is 6.54 Å². The fraction of sp³-hybridized carbons (Fsp3) is 0.320. The fourth-order valence-electron chi connectivity index (χ4n) is 3.54. The molecule has 0 radical (unpaired) electrons. The maximum atomic E-state index is 12.2. The minimum Gasteiger partial charge on any atom is -0.480 e. The van der Waals surface area contributed by atoms with Crippen LogP contribution in [0.2, 0.25) is 0 Å². The average Bonchev–Trinajstić information content (AvgIpc) is 3.23. The number of hydrogen-bond acceptors (Lipinski definition) is 4. The Morgan fingerprint density at radius 1 is 0.970 bits per heavy atom. The van der Waals surface area contributed by atoms with Gasteiger partial charge in [-0.1, -0.05) is 55.0 Å². The molecule has 0 aliphatic carbocycles. The molecular formula is C25H29N3O5. The van der Waals surface area contributed by atoms with Crippen molar-refractivity contribution in [3.05, 3.63) is 71.9 Å². The summed E-state index contributed by atoms with van der Waals surface area (Å²) < 4.78 is 5.14. The number of para-hydroxylation sites is 1. The van der Waals surface area contributed by atoms with Crippen LogP contribution in [0.15, 0.2) is 60.8 Å². The summed E-state index contributed by atoms with van der Waals surface area (Å²) in [4.78, 5) is 38.7. The number of benzene rings is 2. The minimum absolute atomic E-state index is 0.208. The molecule has 2 amide bonds. The van der Waals surface area contributed by atoms with Gasteiger partial charge in [0.2, 0.25) is 5.91 Å². The summed E-state index contributed by atoms with van der Waals surface area (Å²) in [5.74, 6) is -1.36. The maximum Gasteiger partial charge on any atom is 0.407 e. The van der Waals surface area contributed by atoms with Crippen LogP contribution in [-0.4, -0.2) is 40.6 Å². The van der Waals surface area contributed by atoms with Crippen LogP contribution in [0.3, 0.4) is 0 Å². The molecule has 1 heterocycles. The molecule has 3 aromatic rings. The van der Waals surface area contributed by atoms with Gasteiger partial charge in [0.15, 0.2) is 0 Å². The molecule has 3 rings (SSSR count). The quantitative estimate of drug-likeness (QED) is 0.313. The van der Waals surface area contributed by atoms with Gasteiger partial charge in [-0.3, -0.25) is 4.79 Å².